The van der Waals surface area contributed by atoms with Gasteiger partial charge in [0.15, 0.2) is 0 Å². The van der Waals surface area contributed by atoms with Crippen molar-refractivity contribution in [2.75, 3.05) is 29.4 Å². The van der Waals surface area contributed by atoms with Crippen molar-refractivity contribution in [3.63, 3.8) is 0 Å². The Morgan fingerprint density at radius 3 is 2.14 bits per heavy atom. The van der Waals surface area contributed by atoms with Gasteiger partial charge in [-0.05, 0) is 78.6 Å². The molecule has 0 spiro atoms. The van der Waals surface area contributed by atoms with Gasteiger partial charge >= 0.3 is 0 Å². The van der Waals surface area contributed by atoms with Crippen LogP contribution in [0.1, 0.15) is 36.0 Å². The van der Waals surface area contributed by atoms with Crippen molar-refractivity contribution in [1.82, 2.24) is 0 Å². The molecule has 35 heavy (non-hydrogen) atoms. The van der Waals surface area contributed by atoms with Gasteiger partial charge in [0, 0.05) is 37.6 Å². The molecule has 0 unspecified atom stereocenters. The second kappa shape index (κ2) is 12.7. The van der Waals surface area contributed by atoms with E-state index in [0.29, 0.717) is 0 Å². The number of benzene rings is 3. The monoisotopic (exact) mass is 460 g/mol. The summed E-state index contributed by atoms with van der Waals surface area (Å²) in [5.74, 6) is 0. The largest absolute Gasteiger partial charge is 0.371 e. The van der Waals surface area contributed by atoms with E-state index in [1.807, 2.05) is 0 Å². The Kier molecular flexibility index (Phi) is 8.85. The fraction of sp³-hybridized carbons (Fsp3) is 0.273. The molecule has 3 aromatic carbocycles. The lowest BCUT2D eigenvalue weighted by atomic mass is 9.94. The zero-order valence-electron chi connectivity index (χ0n) is 20.7. The second-order valence-electron chi connectivity index (χ2n) is 9.22. The minimum atomic E-state index is 1.01. The number of hydrogen-bond acceptors (Lipinski definition) is 2. The first-order chi connectivity index (χ1) is 17.3. The fourth-order valence-corrected chi connectivity index (χ4v) is 5.06. The van der Waals surface area contributed by atoms with Gasteiger partial charge < -0.3 is 9.80 Å². The highest BCUT2D eigenvalue weighted by Gasteiger charge is 2.17. The molecular formula is C33H36N2. The normalized spacial score (nSPS) is 18.3. The molecule has 2 nitrogen and oxygen atoms in total. The van der Waals surface area contributed by atoms with Crippen LogP contribution in [0.2, 0.25) is 0 Å². The van der Waals surface area contributed by atoms with Crippen LogP contribution in [0, 0.1) is 12.8 Å². The average Bonchev–Trinajstić information content (AvgIpc) is 2.93. The number of para-hydroxylation sites is 2. The lowest BCUT2D eigenvalue weighted by Gasteiger charge is -2.31. The smallest absolute Gasteiger partial charge is 0.0432 e. The molecule has 0 aliphatic carbocycles. The van der Waals surface area contributed by atoms with Crippen LogP contribution in [0.3, 0.4) is 0 Å². The van der Waals surface area contributed by atoms with Crippen LogP contribution in [-0.2, 0) is 19.4 Å². The molecule has 0 aromatic heterocycles. The molecule has 0 saturated carbocycles. The summed E-state index contributed by atoms with van der Waals surface area (Å²) in [7, 11) is 0. The van der Waals surface area contributed by atoms with E-state index in [-0.39, 0.29) is 0 Å². The maximum atomic E-state index is 4.00. The maximum absolute atomic E-state index is 4.00. The molecule has 0 fully saturated rings. The van der Waals surface area contributed by atoms with Crippen LogP contribution in [0.15, 0.2) is 103 Å². The summed E-state index contributed by atoms with van der Waals surface area (Å²) >= 11 is 0. The van der Waals surface area contributed by atoms with Gasteiger partial charge in [0.2, 0.25) is 0 Å². The van der Waals surface area contributed by atoms with Crippen molar-refractivity contribution < 1.29 is 0 Å². The van der Waals surface area contributed by atoms with Gasteiger partial charge in [-0.15, -0.1) is 12.8 Å². The third-order valence-electron chi connectivity index (χ3n) is 6.87. The number of hydrogen-bond donors (Lipinski definition) is 0. The molecule has 3 aromatic rings. The second-order valence-corrected chi connectivity index (χ2v) is 9.22. The molecule has 5 rings (SSSR count). The summed E-state index contributed by atoms with van der Waals surface area (Å²) in [5, 5.41) is 0. The number of allylic oxidation sites excluding steroid dienone is 3. The van der Waals surface area contributed by atoms with Crippen molar-refractivity contribution in [2.45, 2.75) is 38.6 Å². The average molecular weight is 461 g/mol. The lowest BCUT2D eigenvalue weighted by molar-refractivity contribution is 0.729. The first kappa shape index (κ1) is 24.4. The Hall–Kier alpha value is -3.70. The summed E-state index contributed by atoms with van der Waals surface area (Å²) in [5.41, 5.74) is 8.54. The highest BCUT2D eigenvalue weighted by Crippen LogP contribution is 2.26. The third-order valence-corrected chi connectivity index (χ3v) is 6.87. The highest BCUT2D eigenvalue weighted by molar-refractivity contribution is 5.50. The van der Waals surface area contributed by atoms with Gasteiger partial charge in [-0.25, -0.2) is 0 Å². The van der Waals surface area contributed by atoms with E-state index in [0.717, 1.165) is 51.9 Å². The minimum absolute atomic E-state index is 1.01. The van der Waals surface area contributed by atoms with Crippen molar-refractivity contribution in [3.8, 4) is 12.8 Å². The van der Waals surface area contributed by atoms with Gasteiger partial charge in [-0.2, -0.15) is 0 Å². The summed E-state index contributed by atoms with van der Waals surface area (Å²) in [4.78, 5) is 5.04. The molecule has 0 N–H and O–H groups in total. The molecule has 0 radical (unpaired) electrons. The SMILES string of the molecule is C#C.C1=C\C(Cc2ccc3c(c2)CN(c2ccccc2)CC3)=C/CCN(c2ccccc2)CCC/1. The van der Waals surface area contributed by atoms with Gasteiger partial charge in [0.1, 0.15) is 0 Å². The van der Waals surface area contributed by atoms with E-state index in [2.05, 4.69) is 120 Å². The Morgan fingerprint density at radius 2 is 1.40 bits per heavy atom. The summed E-state index contributed by atoms with van der Waals surface area (Å²) in [6.07, 6.45) is 20.8. The predicted octanol–water partition coefficient (Wildman–Crippen LogP) is 7.21. The number of anilines is 2. The van der Waals surface area contributed by atoms with Crippen LogP contribution in [0.25, 0.3) is 0 Å². The standard InChI is InChI=1S/C31H34N2.C2H2/c1-5-13-30(14-6-1)32-20-9-3-4-11-26(12-10-21-32)23-27-17-18-28-19-22-33(25-29(28)24-27)31-15-7-2-8-16-31;1-2/h1-2,4-8,11-18,24H,3,9-10,19-23,25H2;1-2H/b11-4-,26-12+;. The molecule has 0 atom stereocenters. The van der Waals surface area contributed by atoms with Gasteiger partial charge in [0.25, 0.3) is 0 Å². The quantitative estimate of drug-likeness (QED) is 0.379. The van der Waals surface area contributed by atoms with Crippen molar-refractivity contribution >= 4 is 11.4 Å². The highest BCUT2D eigenvalue weighted by atomic mass is 15.1. The Labute approximate surface area is 211 Å². The number of fused-ring (bicyclic) bond motifs is 1. The summed E-state index contributed by atoms with van der Waals surface area (Å²) in [6.45, 7) is 4.31. The summed E-state index contributed by atoms with van der Waals surface area (Å²) in [6, 6.07) is 28.8. The zero-order valence-corrected chi connectivity index (χ0v) is 20.7. The van der Waals surface area contributed by atoms with E-state index in [4.69, 9.17) is 0 Å². The Bertz CT molecular complexity index is 1140. The minimum Gasteiger partial charge on any atom is -0.371 e. The molecule has 0 bridgehead atoms. The third kappa shape index (κ3) is 6.67. The van der Waals surface area contributed by atoms with Crippen LogP contribution >= 0.6 is 0 Å². The first-order valence-corrected chi connectivity index (χ1v) is 12.7. The van der Waals surface area contributed by atoms with E-state index < -0.39 is 0 Å². The number of rotatable bonds is 4. The topological polar surface area (TPSA) is 6.48 Å². The van der Waals surface area contributed by atoms with Gasteiger partial charge in [-0.3, -0.25) is 0 Å². The van der Waals surface area contributed by atoms with E-state index in [1.165, 1.54) is 40.1 Å². The van der Waals surface area contributed by atoms with Gasteiger partial charge in [0.05, 0.1) is 0 Å². The van der Waals surface area contributed by atoms with E-state index in [1.54, 1.807) is 0 Å². The molecule has 2 aliphatic heterocycles. The van der Waals surface area contributed by atoms with Crippen LogP contribution in [0.5, 0.6) is 0 Å². The molecule has 0 amide bonds. The lowest BCUT2D eigenvalue weighted by Crippen LogP contribution is -2.30. The molecule has 178 valence electrons. The maximum Gasteiger partial charge on any atom is 0.0432 e. The van der Waals surface area contributed by atoms with Crippen molar-refractivity contribution in [1.29, 1.82) is 0 Å². The predicted molar refractivity (Wildman–Crippen MR) is 151 cm³/mol. The summed E-state index contributed by atoms with van der Waals surface area (Å²) < 4.78 is 0. The van der Waals surface area contributed by atoms with E-state index >= 15 is 0 Å². The van der Waals surface area contributed by atoms with E-state index in [9.17, 15) is 0 Å². The molecular weight excluding hydrogens is 424 g/mol. The van der Waals surface area contributed by atoms with Gasteiger partial charge in [-0.1, -0.05) is 72.8 Å². The Balaban J connectivity index is 0.00000141. The number of terminal acetylenes is 1. The Morgan fingerprint density at radius 1 is 0.686 bits per heavy atom. The van der Waals surface area contributed by atoms with Crippen LogP contribution in [0.4, 0.5) is 11.4 Å². The molecule has 2 heterocycles. The molecule has 0 saturated heterocycles. The van der Waals surface area contributed by atoms with Crippen molar-refractivity contribution in [2.24, 2.45) is 0 Å². The fourth-order valence-electron chi connectivity index (χ4n) is 5.06. The van der Waals surface area contributed by atoms with Crippen LogP contribution < -0.4 is 9.80 Å². The zero-order chi connectivity index (χ0) is 24.3. The molecule has 2 aliphatic rings. The number of nitrogens with zero attached hydrogens (tertiary/aromatic N) is 2. The van der Waals surface area contributed by atoms with Crippen LogP contribution in [-0.4, -0.2) is 19.6 Å². The molecule has 2 heteroatoms. The van der Waals surface area contributed by atoms with Crippen molar-refractivity contribution in [3.05, 3.63) is 119 Å². The first-order valence-electron chi connectivity index (χ1n) is 12.7.